The Kier molecular flexibility index (Phi) is 4.50. The van der Waals surface area contributed by atoms with Gasteiger partial charge in [0.05, 0.1) is 16.3 Å². The molecular formula is C15H19N3O2S. The predicted octanol–water partition coefficient (Wildman–Crippen LogP) is 1.94. The lowest BCUT2D eigenvalue weighted by Crippen LogP contribution is -2.24. The largest absolute Gasteiger partial charge is 0.397 e. The number of benzene rings is 2. The molecule has 112 valence electrons. The van der Waals surface area contributed by atoms with Crippen LogP contribution in [0, 0.1) is 0 Å². The third-order valence-electron chi connectivity index (χ3n) is 3.27. The van der Waals surface area contributed by atoms with Gasteiger partial charge in [-0.2, -0.15) is 0 Å². The first-order chi connectivity index (χ1) is 9.91. The van der Waals surface area contributed by atoms with Crippen LogP contribution in [0.25, 0.3) is 0 Å². The molecule has 0 aliphatic heterocycles. The van der Waals surface area contributed by atoms with Gasteiger partial charge in [-0.3, -0.25) is 0 Å². The smallest absolute Gasteiger partial charge is 0.238 e. The molecule has 0 aliphatic carbocycles. The van der Waals surface area contributed by atoms with Crippen molar-refractivity contribution in [3.8, 4) is 0 Å². The number of hydrogen-bond acceptors (Lipinski definition) is 4. The second-order valence-corrected chi connectivity index (χ2v) is 6.33. The van der Waals surface area contributed by atoms with Crippen LogP contribution in [-0.4, -0.2) is 15.0 Å². The zero-order valence-corrected chi connectivity index (χ0v) is 12.7. The maximum absolute atomic E-state index is 11.5. The van der Waals surface area contributed by atoms with Gasteiger partial charge in [-0.25, -0.2) is 13.6 Å². The van der Waals surface area contributed by atoms with Crippen LogP contribution >= 0.6 is 0 Å². The van der Waals surface area contributed by atoms with Gasteiger partial charge in [-0.15, -0.1) is 0 Å². The molecule has 4 N–H and O–H groups in total. The van der Waals surface area contributed by atoms with E-state index in [1.807, 2.05) is 42.2 Å². The number of anilines is 2. The van der Waals surface area contributed by atoms with E-state index in [4.69, 9.17) is 10.9 Å². The topological polar surface area (TPSA) is 89.4 Å². The van der Waals surface area contributed by atoms with Crippen LogP contribution in [0.5, 0.6) is 0 Å². The van der Waals surface area contributed by atoms with E-state index in [0.717, 1.165) is 5.56 Å². The molecule has 2 rings (SSSR count). The van der Waals surface area contributed by atoms with Crippen molar-refractivity contribution in [1.29, 1.82) is 0 Å². The van der Waals surface area contributed by atoms with E-state index in [0.29, 0.717) is 24.5 Å². The number of rotatable bonds is 5. The van der Waals surface area contributed by atoms with Gasteiger partial charge in [0, 0.05) is 13.1 Å². The average molecular weight is 305 g/mol. The van der Waals surface area contributed by atoms with Gasteiger partial charge in [-0.05, 0) is 30.7 Å². The molecule has 2 aromatic carbocycles. The van der Waals surface area contributed by atoms with Crippen LogP contribution in [0.2, 0.25) is 0 Å². The van der Waals surface area contributed by atoms with E-state index in [9.17, 15) is 8.42 Å². The van der Waals surface area contributed by atoms with E-state index in [1.54, 1.807) is 6.07 Å². The molecule has 0 heterocycles. The number of hydrogen-bond donors (Lipinski definition) is 2. The van der Waals surface area contributed by atoms with Crippen molar-refractivity contribution in [2.75, 3.05) is 17.2 Å². The number of nitrogens with zero attached hydrogens (tertiary/aromatic N) is 1. The van der Waals surface area contributed by atoms with E-state index in [2.05, 4.69) is 0 Å². The summed E-state index contributed by atoms with van der Waals surface area (Å²) in [6.07, 6.45) is 0. The van der Waals surface area contributed by atoms with Crippen molar-refractivity contribution in [2.24, 2.45) is 5.14 Å². The SMILES string of the molecule is CCN(Cc1ccccc1)c1cc(S(N)(=O)=O)ccc1N. The lowest BCUT2D eigenvalue weighted by molar-refractivity contribution is 0.598. The van der Waals surface area contributed by atoms with Crippen LogP contribution < -0.4 is 15.8 Å². The average Bonchev–Trinajstić information content (AvgIpc) is 2.45. The Morgan fingerprint density at radius 3 is 2.33 bits per heavy atom. The fourth-order valence-electron chi connectivity index (χ4n) is 2.15. The lowest BCUT2D eigenvalue weighted by Gasteiger charge is -2.25. The van der Waals surface area contributed by atoms with Crippen molar-refractivity contribution in [3.05, 3.63) is 54.1 Å². The minimum absolute atomic E-state index is 0.0678. The molecule has 6 heteroatoms. The summed E-state index contributed by atoms with van der Waals surface area (Å²) in [5.74, 6) is 0. The number of primary sulfonamides is 1. The van der Waals surface area contributed by atoms with Crippen molar-refractivity contribution in [2.45, 2.75) is 18.4 Å². The van der Waals surface area contributed by atoms with Gasteiger partial charge in [0.1, 0.15) is 0 Å². The van der Waals surface area contributed by atoms with Gasteiger partial charge in [0.15, 0.2) is 0 Å². The monoisotopic (exact) mass is 305 g/mol. The minimum atomic E-state index is -3.74. The first-order valence-corrected chi connectivity index (χ1v) is 8.17. The Hall–Kier alpha value is -2.05. The summed E-state index contributed by atoms with van der Waals surface area (Å²) in [5, 5.41) is 5.18. The highest BCUT2D eigenvalue weighted by atomic mass is 32.2. The first kappa shape index (κ1) is 15.3. The number of sulfonamides is 1. The van der Waals surface area contributed by atoms with E-state index in [1.165, 1.54) is 12.1 Å². The quantitative estimate of drug-likeness (QED) is 0.826. The summed E-state index contributed by atoms with van der Waals surface area (Å²) in [6, 6.07) is 14.4. The van der Waals surface area contributed by atoms with Crippen LogP contribution in [0.4, 0.5) is 11.4 Å². The number of nitrogens with two attached hydrogens (primary N) is 2. The summed E-state index contributed by atoms with van der Waals surface area (Å²) in [7, 11) is -3.74. The maximum Gasteiger partial charge on any atom is 0.238 e. The van der Waals surface area contributed by atoms with E-state index >= 15 is 0 Å². The molecule has 0 saturated carbocycles. The molecule has 0 amide bonds. The highest BCUT2D eigenvalue weighted by molar-refractivity contribution is 7.89. The van der Waals surface area contributed by atoms with Gasteiger partial charge >= 0.3 is 0 Å². The van der Waals surface area contributed by atoms with Gasteiger partial charge < -0.3 is 10.6 Å². The zero-order chi connectivity index (χ0) is 15.5. The summed E-state index contributed by atoms with van der Waals surface area (Å²) < 4.78 is 23.0. The fraction of sp³-hybridized carbons (Fsp3) is 0.200. The summed E-state index contributed by atoms with van der Waals surface area (Å²) in [4.78, 5) is 2.08. The second kappa shape index (κ2) is 6.15. The highest BCUT2D eigenvalue weighted by Crippen LogP contribution is 2.27. The Labute approximate surface area is 125 Å². The van der Waals surface area contributed by atoms with Crippen molar-refractivity contribution in [3.63, 3.8) is 0 Å². The summed E-state index contributed by atoms with van der Waals surface area (Å²) >= 11 is 0. The van der Waals surface area contributed by atoms with Crippen LogP contribution in [0.1, 0.15) is 12.5 Å². The molecule has 2 aromatic rings. The Morgan fingerprint density at radius 1 is 1.10 bits per heavy atom. The normalized spacial score (nSPS) is 11.3. The molecule has 0 aliphatic rings. The molecule has 0 bridgehead atoms. The molecule has 0 spiro atoms. The molecule has 21 heavy (non-hydrogen) atoms. The zero-order valence-electron chi connectivity index (χ0n) is 11.9. The van der Waals surface area contributed by atoms with Crippen LogP contribution in [-0.2, 0) is 16.6 Å². The highest BCUT2D eigenvalue weighted by Gasteiger charge is 2.14. The van der Waals surface area contributed by atoms with Crippen LogP contribution in [0.15, 0.2) is 53.4 Å². The van der Waals surface area contributed by atoms with Crippen molar-refractivity contribution in [1.82, 2.24) is 0 Å². The first-order valence-electron chi connectivity index (χ1n) is 6.63. The summed E-state index contributed by atoms with van der Waals surface area (Å²) in [5.41, 5.74) is 8.31. The second-order valence-electron chi connectivity index (χ2n) is 4.77. The third kappa shape index (κ3) is 3.74. The molecule has 0 fully saturated rings. The van der Waals surface area contributed by atoms with E-state index in [-0.39, 0.29) is 4.90 Å². The fourth-order valence-corrected chi connectivity index (χ4v) is 2.68. The Bertz CT molecular complexity index is 715. The number of nitrogen functional groups attached to an aromatic ring is 1. The van der Waals surface area contributed by atoms with Gasteiger partial charge in [-0.1, -0.05) is 30.3 Å². The minimum Gasteiger partial charge on any atom is -0.397 e. The van der Waals surface area contributed by atoms with Gasteiger partial charge in [0.2, 0.25) is 10.0 Å². The summed E-state index contributed by atoms with van der Waals surface area (Å²) in [6.45, 7) is 3.34. The molecule has 5 nitrogen and oxygen atoms in total. The van der Waals surface area contributed by atoms with E-state index < -0.39 is 10.0 Å². The molecular weight excluding hydrogens is 286 g/mol. The molecule has 0 aromatic heterocycles. The van der Waals surface area contributed by atoms with Crippen molar-refractivity contribution < 1.29 is 8.42 Å². The van der Waals surface area contributed by atoms with Gasteiger partial charge in [0.25, 0.3) is 0 Å². The predicted molar refractivity (Wildman–Crippen MR) is 85.4 cm³/mol. The van der Waals surface area contributed by atoms with Crippen LogP contribution in [0.3, 0.4) is 0 Å². The van der Waals surface area contributed by atoms with Crippen molar-refractivity contribution >= 4 is 21.4 Å². The molecule has 0 radical (unpaired) electrons. The molecule has 0 saturated heterocycles. The maximum atomic E-state index is 11.5. The lowest BCUT2D eigenvalue weighted by atomic mass is 10.2. The molecule has 0 atom stereocenters. The third-order valence-corrected chi connectivity index (χ3v) is 4.18. The Morgan fingerprint density at radius 2 is 1.76 bits per heavy atom. The molecule has 0 unspecified atom stereocenters. The standard InChI is InChI=1S/C15H19N3O2S/c1-2-18(11-12-6-4-3-5-7-12)15-10-13(21(17,19)20)8-9-14(15)16/h3-10H,2,11,16H2,1H3,(H2,17,19,20). The Balaban J connectivity index is 2.38.